The molecule has 0 aliphatic carbocycles. The molecule has 20 heavy (non-hydrogen) atoms. The quantitative estimate of drug-likeness (QED) is 0.657. The molecular weight excluding hydrogens is 340 g/mol. The Morgan fingerprint density at radius 2 is 2.35 bits per heavy atom. The van der Waals surface area contributed by atoms with Crippen LogP contribution in [0, 0.1) is 6.92 Å². The Labute approximate surface area is 129 Å². The highest BCUT2D eigenvalue weighted by Crippen LogP contribution is 2.19. The van der Waals surface area contributed by atoms with Crippen LogP contribution in [0.4, 0.5) is 5.69 Å². The van der Waals surface area contributed by atoms with Crippen LogP contribution in [0.25, 0.3) is 0 Å². The predicted molar refractivity (Wildman–Crippen MR) is 85.4 cm³/mol. The number of benzene rings is 1. The number of carbonyl (C=O) groups excluding carboxylic acids is 1. The second-order valence-electron chi connectivity index (χ2n) is 4.04. The Balaban J connectivity index is 1.79. The van der Waals surface area contributed by atoms with Crippen LogP contribution in [0.2, 0.25) is 0 Å². The molecule has 6 heteroatoms. The minimum atomic E-state index is -0.241. The van der Waals surface area contributed by atoms with Gasteiger partial charge in [-0.15, -0.1) is 11.3 Å². The maximum absolute atomic E-state index is 11.7. The Kier molecular flexibility index (Phi) is 5.31. The molecule has 0 atom stereocenters. The topological polar surface area (TPSA) is 50.7 Å². The van der Waals surface area contributed by atoms with E-state index in [1.807, 2.05) is 42.6 Å². The van der Waals surface area contributed by atoms with Crippen molar-refractivity contribution in [3.05, 3.63) is 50.6 Å². The van der Waals surface area contributed by atoms with Crippen molar-refractivity contribution in [1.29, 1.82) is 0 Å². The lowest BCUT2D eigenvalue weighted by Gasteiger charge is -2.06. The highest BCUT2D eigenvalue weighted by atomic mass is 79.9. The molecule has 1 N–H and O–H groups in total. The number of anilines is 1. The van der Waals surface area contributed by atoms with Crippen LogP contribution in [-0.4, -0.2) is 18.7 Å². The van der Waals surface area contributed by atoms with Gasteiger partial charge in [-0.05, 0) is 42.1 Å². The highest BCUT2D eigenvalue weighted by molar-refractivity contribution is 9.10. The summed E-state index contributed by atoms with van der Waals surface area (Å²) in [6.07, 6.45) is 1.59. The number of aryl methyl sites for hydroxylation is 1. The van der Waals surface area contributed by atoms with Crippen molar-refractivity contribution in [3.8, 4) is 0 Å². The molecule has 0 aliphatic rings. The van der Waals surface area contributed by atoms with E-state index < -0.39 is 0 Å². The van der Waals surface area contributed by atoms with Gasteiger partial charge in [0.25, 0.3) is 5.91 Å². The number of hydrogen-bond donors (Lipinski definition) is 1. The van der Waals surface area contributed by atoms with Crippen LogP contribution in [0.15, 0.2) is 45.3 Å². The summed E-state index contributed by atoms with van der Waals surface area (Å²) in [6, 6.07) is 9.44. The first-order valence-electron chi connectivity index (χ1n) is 5.90. The molecule has 1 amide bonds. The van der Waals surface area contributed by atoms with Crippen molar-refractivity contribution in [2.45, 2.75) is 6.92 Å². The number of halogens is 1. The first kappa shape index (κ1) is 14.7. The lowest BCUT2D eigenvalue weighted by Crippen LogP contribution is -2.17. The fourth-order valence-corrected chi connectivity index (χ4v) is 2.29. The van der Waals surface area contributed by atoms with E-state index in [-0.39, 0.29) is 12.5 Å². The number of nitrogens with zero attached hydrogens (tertiary/aromatic N) is 1. The Morgan fingerprint density at radius 3 is 3.05 bits per heavy atom. The summed E-state index contributed by atoms with van der Waals surface area (Å²) >= 11 is 4.96. The molecule has 0 fully saturated rings. The van der Waals surface area contributed by atoms with Crippen LogP contribution < -0.4 is 5.32 Å². The van der Waals surface area contributed by atoms with E-state index in [4.69, 9.17) is 4.84 Å². The molecular formula is C14H13BrN2O2S. The van der Waals surface area contributed by atoms with Crippen molar-refractivity contribution < 1.29 is 9.63 Å². The molecule has 1 aromatic carbocycles. The van der Waals surface area contributed by atoms with Crippen molar-refractivity contribution in [2.75, 3.05) is 11.9 Å². The summed E-state index contributed by atoms with van der Waals surface area (Å²) in [7, 11) is 0. The number of rotatable bonds is 5. The number of nitrogens with one attached hydrogen (secondary N) is 1. The Morgan fingerprint density at radius 1 is 1.50 bits per heavy atom. The molecule has 2 rings (SSSR count). The lowest BCUT2D eigenvalue weighted by atomic mass is 10.2. The maximum atomic E-state index is 11.7. The van der Waals surface area contributed by atoms with Gasteiger partial charge >= 0.3 is 0 Å². The molecule has 1 aromatic heterocycles. The summed E-state index contributed by atoms with van der Waals surface area (Å²) < 4.78 is 1.01. The largest absolute Gasteiger partial charge is 0.386 e. The van der Waals surface area contributed by atoms with Gasteiger partial charge in [-0.1, -0.05) is 27.2 Å². The molecule has 0 saturated heterocycles. The van der Waals surface area contributed by atoms with Gasteiger partial charge in [0, 0.05) is 15.0 Å². The monoisotopic (exact) mass is 352 g/mol. The maximum Gasteiger partial charge on any atom is 0.265 e. The number of oxime groups is 1. The number of thiophene rings is 1. The summed E-state index contributed by atoms with van der Waals surface area (Å²) in [6.45, 7) is 1.85. The summed E-state index contributed by atoms with van der Waals surface area (Å²) in [4.78, 5) is 17.6. The van der Waals surface area contributed by atoms with E-state index in [2.05, 4.69) is 26.4 Å². The van der Waals surface area contributed by atoms with Crippen molar-refractivity contribution in [1.82, 2.24) is 0 Å². The van der Waals surface area contributed by atoms with E-state index in [0.29, 0.717) is 0 Å². The molecule has 2 aromatic rings. The molecule has 0 radical (unpaired) electrons. The Hall–Kier alpha value is -1.66. The third-order valence-electron chi connectivity index (χ3n) is 2.44. The zero-order valence-electron chi connectivity index (χ0n) is 10.8. The van der Waals surface area contributed by atoms with E-state index in [1.165, 1.54) is 0 Å². The van der Waals surface area contributed by atoms with Crippen molar-refractivity contribution in [3.63, 3.8) is 0 Å². The molecule has 4 nitrogen and oxygen atoms in total. The molecule has 0 aliphatic heterocycles. The van der Waals surface area contributed by atoms with Gasteiger partial charge < -0.3 is 10.2 Å². The van der Waals surface area contributed by atoms with Gasteiger partial charge in [0.1, 0.15) is 0 Å². The number of amides is 1. The molecule has 1 heterocycles. The number of carbonyl (C=O) groups is 1. The molecule has 0 bridgehead atoms. The molecule has 0 spiro atoms. The third-order valence-corrected chi connectivity index (χ3v) is 4.13. The van der Waals surface area contributed by atoms with E-state index >= 15 is 0 Å². The SMILES string of the molecule is Cc1cc(NC(=O)CO/N=C/c2cccs2)ccc1Br. The van der Waals surface area contributed by atoms with Gasteiger partial charge in [0.15, 0.2) is 6.61 Å². The molecule has 0 unspecified atom stereocenters. The van der Waals surface area contributed by atoms with Gasteiger partial charge in [0.2, 0.25) is 0 Å². The molecule has 104 valence electrons. The zero-order chi connectivity index (χ0) is 14.4. The van der Waals surface area contributed by atoms with Gasteiger partial charge in [-0.25, -0.2) is 0 Å². The second kappa shape index (κ2) is 7.21. The average Bonchev–Trinajstić information content (AvgIpc) is 2.92. The third kappa shape index (κ3) is 4.47. The first-order valence-corrected chi connectivity index (χ1v) is 7.57. The standard InChI is InChI=1S/C14H13BrN2O2S/c1-10-7-11(4-5-13(10)15)17-14(18)9-19-16-8-12-3-2-6-20-12/h2-8H,9H2,1H3,(H,17,18)/b16-8+. The van der Waals surface area contributed by atoms with Crippen molar-refractivity contribution in [2.24, 2.45) is 5.16 Å². The lowest BCUT2D eigenvalue weighted by molar-refractivity contribution is -0.120. The van der Waals surface area contributed by atoms with Crippen LogP contribution >= 0.6 is 27.3 Å². The fourth-order valence-electron chi connectivity index (χ4n) is 1.47. The van der Waals surface area contributed by atoms with Gasteiger partial charge in [0.05, 0.1) is 6.21 Å². The summed E-state index contributed by atoms with van der Waals surface area (Å²) in [5.74, 6) is -0.241. The van der Waals surface area contributed by atoms with Crippen LogP contribution in [0.3, 0.4) is 0 Å². The second-order valence-corrected chi connectivity index (χ2v) is 5.87. The summed E-state index contributed by atoms with van der Waals surface area (Å²) in [5, 5.41) is 8.44. The minimum absolute atomic E-state index is 0.114. The summed E-state index contributed by atoms with van der Waals surface area (Å²) in [5.41, 5.74) is 1.79. The van der Waals surface area contributed by atoms with Crippen LogP contribution in [0.1, 0.15) is 10.4 Å². The van der Waals surface area contributed by atoms with E-state index in [1.54, 1.807) is 17.6 Å². The van der Waals surface area contributed by atoms with Crippen LogP contribution in [0.5, 0.6) is 0 Å². The predicted octanol–water partition coefficient (Wildman–Crippen LogP) is 3.81. The molecule has 0 saturated carbocycles. The fraction of sp³-hybridized carbons (Fsp3) is 0.143. The minimum Gasteiger partial charge on any atom is -0.386 e. The van der Waals surface area contributed by atoms with E-state index in [0.717, 1.165) is 20.6 Å². The average molecular weight is 353 g/mol. The highest BCUT2D eigenvalue weighted by Gasteiger charge is 2.03. The smallest absolute Gasteiger partial charge is 0.265 e. The first-order chi connectivity index (χ1) is 9.65. The van der Waals surface area contributed by atoms with Gasteiger partial charge in [-0.3, -0.25) is 4.79 Å². The Bertz CT molecular complexity index is 612. The van der Waals surface area contributed by atoms with Crippen molar-refractivity contribution >= 4 is 45.1 Å². The van der Waals surface area contributed by atoms with Gasteiger partial charge in [-0.2, -0.15) is 0 Å². The normalized spacial score (nSPS) is 10.7. The van der Waals surface area contributed by atoms with E-state index in [9.17, 15) is 4.79 Å². The zero-order valence-corrected chi connectivity index (χ0v) is 13.2. The number of hydrogen-bond acceptors (Lipinski definition) is 4. The van der Waals surface area contributed by atoms with Crippen LogP contribution in [-0.2, 0) is 9.63 Å².